The first kappa shape index (κ1) is 15.7. The van der Waals surface area contributed by atoms with Crippen molar-refractivity contribution in [2.24, 2.45) is 0 Å². The topological polar surface area (TPSA) is 123 Å². The summed E-state index contributed by atoms with van der Waals surface area (Å²) >= 11 is 0. The fourth-order valence-corrected chi connectivity index (χ4v) is 0. The molecule has 0 aromatic heterocycles. The molecule has 0 radical (unpaired) electrons. The van der Waals surface area contributed by atoms with Crippen molar-refractivity contribution in [2.45, 2.75) is 0 Å². The molecule has 7 heavy (non-hydrogen) atoms. The summed E-state index contributed by atoms with van der Waals surface area (Å²) in [5, 5.41) is 0. The van der Waals surface area contributed by atoms with Crippen LogP contribution < -0.4 is 20.8 Å². The van der Waals surface area contributed by atoms with E-state index in [4.69, 9.17) is 19.2 Å². The Morgan fingerprint density at radius 1 is 1.14 bits per heavy atom. The molecule has 0 aliphatic rings. The molecule has 42 valence electrons. The second-order valence-electron chi connectivity index (χ2n) is 0.447. The molecule has 0 bridgehead atoms. The molecule has 4 N–H and O–H groups in total. The summed E-state index contributed by atoms with van der Waals surface area (Å²) in [6.07, 6.45) is 0. The van der Waals surface area contributed by atoms with Crippen LogP contribution in [0.25, 0.3) is 0 Å². The minimum absolute atomic E-state index is 0. The van der Waals surface area contributed by atoms with E-state index >= 15 is 0 Å². The average molecular weight is 351 g/mol. The van der Waals surface area contributed by atoms with E-state index in [1.54, 1.807) is 0 Å². The van der Waals surface area contributed by atoms with Gasteiger partial charge in [-0.1, -0.05) is 0 Å². The molecular formula is H4NO4PU. The van der Waals surface area contributed by atoms with Crippen LogP contribution in [0.4, 0.5) is 0 Å². The van der Waals surface area contributed by atoms with Gasteiger partial charge in [0.15, 0.2) is 0 Å². The van der Waals surface area contributed by atoms with E-state index in [0.717, 1.165) is 0 Å². The van der Waals surface area contributed by atoms with Gasteiger partial charge in [-0.2, -0.15) is 7.82 Å². The molecule has 5 nitrogen and oxygen atoms in total. The van der Waals surface area contributed by atoms with Crippen LogP contribution in [0.15, 0.2) is 0 Å². The van der Waals surface area contributed by atoms with Crippen molar-refractivity contribution < 1.29 is 50.4 Å². The molecule has 0 saturated heterocycles. The van der Waals surface area contributed by atoms with E-state index in [1.807, 2.05) is 0 Å². The van der Waals surface area contributed by atoms with Gasteiger partial charge in [-0.25, -0.2) is 0 Å². The Labute approximate surface area is 64.3 Å². The Kier molecular flexibility index (Phi) is 11.8. The normalized spacial score (nSPS) is 8.43. The first-order valence-electron chi connectivity index (χ1n) is 0.730. The van der Waals surface area contributed by atoms with Crippen molar-refractivity contribution in [1.29, 1.82) is 0 Å². The van der Waals surface area contributed by atoms with Crippen molar-refractivity contribution in [3.05, 3.63) is 0 Å². The van der Waals surface area contributed by atoms with Crippen LogP contribution in [-0.2, 0) is 4.57 Å². The van der Waals surface area contributed by atoms with Gasteiger partial charge in [-0.05, 0) is 0 Å². The van der Waals surface area contributed by atoms with Crippen LogP contribution in [0, 0.1) is 31.1 Å². The summed E-state index contributed by atoms with van der Waals surface area (Å²) in [7, 11) is -5.39. The predicted molar refractivity (Wildman–Crippen MR) is 13.6 cm³/mol. The zero-order valence-electron chi connectivity index (χ0n) is 3.58. The molecule has 0 aliphatic heterocycles. The standard InChI is InChI=1S/H3N.H3O4P.U/c;1-5(2,3)4;/h1H3;(H3,1,2,3,4);/q;;+2/p-2. The van der Waals surface area contributed by atoms with Gasteiger partial charge in [0.25, 0.3) is 0 Å². The molecule has 0 unspecified atom stereocenters. The summed E-state index contributed by atoms with van der Waals surface area (Å²) in [5.74, 6) is 0. The van der Waals surface area contributed by atoms with Gasteiger partial charge in [0.05, 0.1) is 0 Å². The molecule has 0 heterocycles. The molecule has 0 aromatic carbocycles. The average Bonchev–Trinajstić information content (AvgIpc) is 0.722. The predicted octanol–water partition coefficient (Wildman–Crippen LogP) is -2.45. The van der Waals surface area contributed by atoms with Crippen molar-refractivity contribution in [3.63, 3.8) is 0 Å². The summed E-state index contributed by atoms with van der Waals surface area (Å²) in [4.78, 5) is 25.6. The van der Waals surface area contributed by atoms with E-state index < -0.39 is 7.82 Å². The van der Waals surface area contributed by atoms with Crippen LogP contribution >= 0.6 is 7.82 Å². The zero-order valence-corrected chi connectivity index (χ0v) is 8.64. The third kappa shape index (κ3) is 148. The van der Waals surface area contributed by atoms with Crippen LogP contribution in [0.1, 0.15) is 0 Å². The van der Waals surface area contributed by atoms with Gasteiger partial charge < -0.3 is 25.4 Å². The maximum absolute atomic E-state index is 8.55. The molecule has 0 spiro atoms. The number of hydrogen-bond donors (Lipinski definition) is 1. The molecule has 0 rings (SSSR count). The SMILES string of the molecule is O=P([O-])([O-])[O-].[NH4+].[U+2]. The van der Waals surface area contributed by atoms with E-state index in [-0.39, 0.29) is 37.3 Å². The third-order valence-corrected chi connectivity index (χ3v) is 0. The summed E-state index contributed by atoms with van der Waals surface area (Å²) in [6, 6.07) is 0. The van der Waals surface area contributed by atoms with E-state index in [1.165, 1.54) is 0 Å². The molecule has 0 saturated carbocycles. The Morgan fingerprint density at radius 3 is 1.14 bits per heavy atom. The smallest absolute Gasteiger partial charge is 0.822 e. The molecule has 0 aromatic rings. The van der Waals surface area contributed by atoms with Crippen molar-refractivity contribution in [2.75, 3.05) is 0 Å². The fourth-order valence-electron chi connectivity index (χ4n) is 0. The second kappa shape index (κ2) is 5.26. The number of hydrogen-bond acceptors (Lipinski definition) is 4. The van der Waals surface area contributed by atoms with Gasteiger partial charge in [-0.15, -0.1) is 0 Å². The van der Waals surface area contributed by atoms with Crippen LogP contribution in [0.3, 0.4) is 0 Å². The molecule has 7 heteroatoms. The quantitative estimate of drug-likeness (QED) is 0.487. The van der Waals surface area contributed by atoms with Crippen molar-refractivity contribution >= 4 is 7.82 Å². The Morgan fingerprint density at radius 2 is 1.14 bits per heavy atom. The minimum atomic E-state index is -5.39. The zero-order chi connectivity index (χ0) is 4.50. The largest absolute Gasteiger partial charge is 2.00 e. The molecule has 0 amide bonds. The number of rotatable bonds is 0. The Balaban J connectivity index is -0.0000000800. The molecule has 0 atom stereocenters. The summed E-state index contributed by atoms with van der Waals surface area (Å²) < 4.78 is 8.55. The first-order valence-corrected chi connectivity index (χ1v) is 2.19. The third-order valence-electron chi connectivity index (χ3n) is 0. The molecule has 0 aliphatic carbocycles. The van der Waals surface area contributed by atoms with Crippen LogP contribution in [-0.4, -0.2) is 0 Å². The Hall–Kier alpha value is 1.12. The first-order chi connectivity index (χ1) is 2.00. The van der Waals surface area contributed by atoms with Gasteiger partial charge in [0.2, 0.25) is 0 Å². The van der Waals surface area contributed by atoms with Crippen LogP contribution in [0.5, 0.6) is 0 Å². The second-order valence-corrected chi connectivity index (χ2v) is 1.34. The summed E-state index contributed by atoms with van der Waals surface area (Å²) in [5.41, 5.74) is 0. The van der Waals surface area contributed by atoms with Crippen LogP contribution in [0.2, 0.25) is 0 Å². The fraction of sp³-hybridized carbons (Fsp3) is 0. The maximum Gasteiger partial charge on any atom is 2.00 e. The van der Waals surface area contributed by atoms with Crippen molar-refractivity contribution in [1.82, 2.24) is 6.15 Å². The van der Waals surface area contributed by atoms with E-state index in [9.17, 15) is 0 Å². The maximum atomic E-state index is 8.55. The molecule has 0 fully saturated rings. The van der Waals surface area contributed by atoms with Gasteiger partial charge in [0.1, 0.15) is 0 Å². The number of phosphoric acid groups is 1. The molecular weight excluding hydrogens is 347 g/mol. The summed E-state index contributed by atoms with van der Waals surface area (Å²) in [6.45, 7) is 0. The Bertz CT molecular complexity index is 57.8. The van der Waals surface area contributed by atoms with Gasteiger partial charge in [-0.3, -0.25) is 0 Å². The number of quaternary nitrogens is 1. The van der Waals surface area contributed by atoms with Gasteiger partial charge >= 0.3 is 31.1 Å². The van der Waals surface area contributed by atoms with E-state index in [0.29, 0.717) is 0 Å². The minimum Gasteiger partial charge on any atom is -0.822 e. The van der Waals surface area contributed by atoms with Crippen molar-refractivity contribution in [3.8, 4) is 0 Å². The monoisotopic (exact) mass is 351 g/mol. The van der Waals surface area contributed by atoms with E-state index in [2.05, 4.69) is 0 Å². The van der Waals surface area contributed by atoms with Gasteiger partial charge in [0, 0.05) is 0 Å².